The second-order valence-electron chi connectivity index (χ2n) is 6.70. The maximum Gasteiger partial charge on any atom is 0.0561 e. The van der Waals surface area contributed by atoms with Crippen LogP contribution in [0.15, 0.2) is 0 Å². The second-order valence-corrected chi connectivity index (χ2v) is 6.70. The third-order valence-electron chi connectivity index (χ3n) is 5.38. The van der Waals surface area contributed by atoms with E-state index in [1.54, 1.807) is 0 Å². The Kier molecular flexibility index (Phi) is 3.92. The lowest BCUT2D eigenvalue weighted by Gasteiger charge is -2.37. The van der Waals surface area contributed by atoms with Crippen molar-refractivity contribution in [2.45, 2.75) is 69.7 Å². The first-order valence-corrected chi connectivity index (χ1v) is 7.79. The lowest BCUT2D eigenvalue weighted by molar-refractivity contribution is 0.0116. The molecule has 104 valence electrons. The minimum Gasteiger partial charge on any atom is -0.378 e. The van der Waals surface area contributed by atoms with Gasteiger partial charge in [-0.15, -0.1) is 0 Å². The van der Waals surface area contributed by atoms with E-state index < -0.39 is 0 Å². The van der Waals surface area contributed by atoms with Crippen LogP contribution in [0.2, 0.25) is 0 Å². The summed E-state index contributed by atoms with van der Waals surface area (Å²) in [6.45, 7) is 4.37. The van der Waals surface area contributed by atoms with E-state index in [2.05, 4.69) is 24.2 Å². The molecule has 3 aliphatic heterocycles. The highest BCUT2D eigenvalue weighted by Gasteiger charge is 2.38. The summed E-state index contributed by atoms with van der Waals surface area (Å²) in [5.74, 6) is 0.914. The van der Waals surface area contributed by atoms with Crippen molar-refractivity contribution in [2.24, 2.45) is 5.92 Å². The average Bonchev–Trinajstić information content (AvgIpc) is 2.60. The lowest BCUT2D eigenvalue weighted by Crippen LogP contribution is -2.45. The number of nitrogens with zero attached hydrogens (tertiary/aromatic N) is 1. The summed E-state index contributed by atoms with van der Waals surface area (Å²) in [5.41, 5.74) is 0. The Morgan fingerprint density at radius 1 is 1.11 bits per heavy atom. The van der Waals surface area contributed by atoms with Crippen molar-refractivity contribution in [3.8, 4) is 0 Å². The molecule has 0 aromatic carbocycles. The van der Waals surface area contributed by atoms with Crippen LogP contribution in [-0.4, -0.2) is 49.3 Å². The van der Waals surface area contributed by atoms with Crippen LogP contribution in [0.5, 0.6) is 0 Å². The first-order valence-electron chi connectivity index (χ1n) is 7.79. The smallest absolute Gasteiger partial charge is 0.0561 e. The Labute approximate surface area is 111 Å². The molecule has 3 heteroatoms. The van der Waals surface area contributed by atoms with Crippen LogP contribution in [0.3, 0.4) is 0 Å². The number of rotatable bonds is 3. The Hall–Kier alpha value is -0.120. The van der Waals surface area contributed by atoms with Crippen LogP contribution < -0.4 is 5.32 Å². The average molecular weight is 252 g/mol. The summed E-state index contributed by atoms with van der Waals surface area (Å²) >= 11 is 0. The second kappa shape index (κ2) is 5.48. The predicted molar refractivity (Wildman–Crippen MR) is 73.7 cm³/mol. The molecule has 4 atom stereocenters. The largest absolute Gasteiger partial charge is 0.378 e. The van der Waals surface area contributed by atoms with Crippen LogP contribution in [0.4, 0.5) is 0 Å². The zero-order valence-electron chi connectivity index (χ0n) is 11.9. The van der Waals surface area contributed by atoms with Crippen LogP contribution in [0, 0.1) is 5.92 Å². The van der Waals surface area contributed by atoms with E-state index in [1.807, 2.05) is 0 Å². The summed E-state index contributed by atoms with van der Waals surface area (Å²) in [5, 5.41) is 3.81. The molecular formula is C15H28N2O. The molecule has 3 nitrogen and oxygen atoms in total. The summed E-state index contributed by atoms with van der Waals surface area (Å²) in [6.07, 6.45) is 8.55. The maximum absolute atomic E-state index is 5.61. The van der Waals surface area contributed by atoms with Crippen LogP contribution >= 0.6 is 0 Å². The molecule has 3 aliphatic rings. The van der Waals surface area contributed by atoms with Gasteiger partial charge in [-0.1, -0.05) is 0 Å². The molecule has 2 bridgehead atoms. The molecule has 1 N–H and O–H groups in total. The highest BCUT2D eigenvalue weighted by Crippen LogP contribution is 2.37. The third-order valence-corrected chi connectivity index (χ3v) is 5.38. The van der Waals surface area contributed by atoms with Crippen molar-refractivity contribution in [3.63, 3.8) is 0 Å². The molecule has 0 aromatic rings. The Balaban J connectivity index is 1.44. The maximum atomic E-state index is 5.61. The number of fused-ring (bicyclic) bond motifs is 2. The third kappa shape index (κ3) is 2.73. The Morgan fingerprint density at radius 2 is 1.83 bits per heavy atom. The van der Waals surface area contributed by atoms with Gasteiger partial charge in [0.25, 0.3) is 0 Å². The molecule has 4 unspecified atom stereocenters. The van der Waals surface area contributed by atoms with E-state index in [0.29, 0.717) is 12.1 Å². The number of ether oxygens (including phenoxy) is 1. The molecule has 3 fully saturated rings. The monoisotopic (exact) mass is 252 g/mol. The van der Waals surface area contributed by atoms with Gasteiger partial charge in [-0.2, -0.15) is 0 Å². The van der Waals surface area contributed by atoms with Crippen molar-refractivity contribution >= 4 is 0 Å². The van der Waals surface area contributed by atoms with Crippen molar-refractivity contribution in [3.05, 3.63) is 0 Å². The lowest BCUT2D eigenvalue weighted by atomic mass is 9.90. The number of piperidine rings is 1. The minimum absolute atomic E-state index is 0.449. The Bertz CT molecular complexity index is 270. The van der Waals surface area contributed by atoms with Crippen molar-refractivity contribution in [2.75, 3.05) is 20.2 Å². The topological polar surface area (TPSA) is 24.5 Å². The van der Waals surface area contributed by atoms with E-state index >= 15 is 0 Å². The van der Waals surface area contributed by atoms with Gasteiger partial charge >= 0.3 is 0 Å². The molecule has 0 saturated carbocycles. The molecule has 0 radical (unpaired) electrons. The quantitative estimate of drug-likeness (QED) is 0.831. The first kappa shape index (κ1) is 12.9. The van der Waals surface area contributed by atoms with Crippen LogP contribution in [0.25, 0.3) is 0 Å². The molecule has 0 amide bonds. The van der Waals surface area contributed by atoms with Gasteiger partial charge in [-0.25, -0.2) is 0 Å². The normalized spacial score (nSPS) is 45.3. The summed E-state index contributed by atoms with van der Waals surface area (Å²) in [7, 11) is 2.33. The fourth-order valence-electron chi connectivity index (χ4n) is 4.21. The summed E-state index contributed by atoms with van der Waals surface area (Å²) in [4.78, 5) is 2.63. The van der Waals surface area contributed by atoms with Gasteiger partial charge in [0.15, 0.2) is 0 Å². The van der Waals surface area contributed by atoms with Gasteiger partial charge in [0, 0.05) is 24.7 Å². The van der Waals surface area contributed by atoms with E-state index in [4.69, 9.17) is 4.74 Å². The highest BCUT2D eigenvalue weighted by molar-refractivity contribution is 4.94. The molecule has 3 heterocycles. The standard InChI is InChI=1S/C15H28N2O/c1-11-7-13(5-6-18-11)16-10-12-8-14-3-4-15(9-12)17(14)2/h11-16H,3-10H2,1-2H3. The Morgan fingerprint density at radius 3 is 2.50 bits per heavy atom. The molecule has 0 spiro atoms. The van der Waals surface area contributed by atoms with Crippen molar-refractivity contribution in [1.29, 1.82) is 0 Å². The van der Waals surface area contributed by atoms with Gasteiger partial charge in [-0.3, -0.25) is 0 Å². The van der Waals surface area contributed by atoms with E-state index in [-0.39, 0.29) is 0 Å². The van der Waals surface area contributed by atoms with Gasteiger partial charge in [-0.05, 0) is 65.0 Å². The zero-order valence-corrected chi connectivity index (χ0v) is 11.9. The van der Waals surface area contributed by atoms with Crippen molar-refractivity contribution < 1.29 is 4.74 Å². The predicted octanol–water partition coefficient (Wildman–Crippen LogP) is 2.02. The fraction of sp³-hybridized carbons (Fsp3) is 1.00. The molecule has 3 saturated heterocycles. The van der Waals surface area contributed by atoms with Gasteiger partial charge in [0.05, 0.1) is 6.10 Å². The van der Waals surface area contributed by atoms with Gasteiger partial charge in [0.1, 0.15) is 0 Å². The van der Waals surface area contributed by atoms with Crippen molar-refractivity contribution in [1.82, 2.24) is 10.2 Å². The summed E-state index contributed by atoms with van der Waals surface area (Å²) in [6, 6.07) is 2.46. The minimum atomic E-state index is 0.449. The van der Waals surface area contributed by atoms with E-state index in [0.717, 1.165) is 24.6 Å². The van der Waals surface area contributed by atoms with Gasteiger partial charge in [0.2, 0.25) is 0 Å². The fourth-order valence-corrected chi connectivity index (χ4v) is 4.21. The molecule has 3 rings (SSSR count). The number of hydrogen-bond acceptors (Lipinski definition) is 3. The molecule has 0 aliphatic carbocycles. The highest BCUT2D eigenvalue weighted by atomic mass is 16.5. The molecule has 0 aromatic heterocycles. The molecular weight excluding hydrogens is 224 g/mol. The number of nitrogens with one attached hydrogen (secondary N) is 1. The SMILES string of the molecule is CC1CC(NCC2CC3CCC(C2)N3C)CCO1. The van der Waals surface area contributed by atoms with Crippen LogP contribution in [0.1, 0.15) is 45.4 Å². The summed E-state index contributed by atoms with van der Waals surface area (Å²) < 4.78 is 5.61. The number of hydrogen-bond donors (Lipinski definition) is 1. The first-order chi connectivity index (χ1) is 8.72. The molecule has 18 heavy (non-hydrogen) atoms. The van der Waals surface area contributed by atoms with E-state index in [9.17, 15) is 0 Å². The van der Waals surface area contributed by atoms with Crippen LogP contribution in [-0.2, 0) is 4.74 Å². The van der Waals surface area contributed by atoms with E-state index in [1.165, 1.54) is 45.1 Å². The van der Waals surface area contributed by atoms with Gasteiger partial charge < -0.3 is 15.0 Å². The zero-order chi connectivity index (χ0) is 12.5.